The van der Waals surface area contributed by atoms with Crippen molar-refractivity contribution < 1.29 is 9.18 Å². The molecule has 2 aromatic carbocycles. The number of nitrogens with zero attached hydrogens (tertiary/aromatic N) is 2. The van der Waals surface area contributed by atoms with Crippen molar-refractivity contribution in [3.05, 3.63) is 95.6 Å². The van der Waals surface area contributed by atoms with Crippen LogP contribution in [0.25, 0.3) is 0 Å². The van der Waals surface area contributed by atoms with Crippen molar-refractivity contribution in [3.8, 4) is 0 Å². The fourth-order valence-corrected chi connectivity index (χ4v) is 3.16. The fourth-order valence-electron chi connectivity index (χ4n) is 3.16. The van der Waals surface area contributed by atoms with E-state index in [1.807, 2.05) is 73.5 Å². The first-order valence-electron chi connectivity index (χ1n) is 9.24. The first-order valence-corrected chi connectivity index (χ1v) is 9.24. The predicted molar refractivity (Wildman–Crippen MR) is 105 cm³/mol. The Kier molecular flexibility index (Phi) is 6.07. The lowest BCUT2D eigenvalue weighted by atomic mass is 10.1. The second-order valence-electron chi connectivity index (χ2n) is 7.09. The van der Waals surface area contributed by atoms with Gasteiger partial charge in [0.25, 0.3) is 0 Å². The van der Waals surface area contributed by atoms with E-state index in [2.05, 4.69) is 4.57 Å². The van der Waals surface area contributed by atoms with Crippen molar-refractivity contribution in [1.82, 2.24) is 9.47 Å². The molecule has 0 aliphatic carbocycles. The maximum Gasteiger partial charge on any atom is 0.225 e. The van der Waals surface area contributed by atoms with Gasteiger partial charge in [-0.2, -0.15) is 0 Å². The van der Waals surface area contributed by atoms with Crippen LogP contribution in [0, 0.1) is 11.7 Å². The third kappa shape index (κ3) is 5.07. The molecule has 1 aromatic heterocycles. The molecule has 0 aliphatic heterocycles. The van der Waals surface area contributed by atoms with Gasteiger partial charge in [-0.1, -0.05) is 56.3 Å². The number of amides is 1. The van der Waals surface area contributed by atoms with Gasteiger partial charge in [0.1, 0.15) is 5.82 Å². The van der Waals surface area contributed by atoms with Crippen LogP contribution in [0.3, 0.4) is 0 Å². The van der Waals surface area contributed by atoms with E-state index in [1.165, 1.54) is 6.07 Å². The highest BCUT2D eigenvalue weighted by atomic mass is 19.1. The van der Waals surface area contributed by atoms with Gasteiger partial charge in [0.2, 0.25) is 5.91 Å². The lowest BCUT2D eigenvalue weighted by Crippen LogP contribution is -2.34. The average Bonchev–Trinajstić information content (AvgIpc) is 3.08. The summed E-state index contributed by atoms with van der Waals surface area (Å²) >= 11 is 0. The number of carbonyl (C=O) groups is 1. The van der Waals surface area contributed by atoms with E-state index in [4.69, 9.17) is 0 Å². The third-order valence-electron chi connectivity index (χ3n) is 4.54. The van der Waals surface area contributed by atoms with Crippen LogP contribution in [0.2, 0.25) is 0 Å². The van der Waals surface area contributed by atoms with Crippen molar-refractivity contribution >= 4 is 5.91 Å². The molecule has 0 bridgehead atoms. The van der Waals surface area contributed by atoms with Crippen LogP contribution in [0.5, 0.6) is 0 Å². The van der Waals surface area contributed by atoms with Crippen LogP contribution < -0.4 is 0 Å². The Bertz CT molecular complexity index is 886. The molecule has 1 amide bonds. The number of rotatable bonds is 7. The molecule has 1 heterocycles. The Hall–Kier alpha value is -2.88. The molecule has 0 unspecified atom stereocenters. The minimum absolute atomic E-state index is 0.0691. The highest BCUT2D eigenvalue weighted by Gasteiger charge is 2.19. The van der Waals surface area contributed by atoms with E-state index in [9.17, 15) is 9.18 Å². The fraction of sp³-hybridized carbons (Fsp3) is 0.261. The Labute approximate surface area is 160 Å². The molecule has 3 aromatic rings. The van der Waals surface area contributed by atoms with Gasteiger partial charge in [-0.3, -0.25) is 4.79 Å². The summed E-state index contributed by atoms with van der Waals surface area (Å²) in [5.41, 5.74) is 3.04. The van der Waals surface area contributed by atoms with Crippen LogP contribution in [-0.4, -0.2) is 15.4 Å². The van der Waals surface area contributed by atoms with Crippen molar-refractivity contribution in [2.75, 3.05) is 0 Å². The molecule has 0 fully saturated rings. The smallest absolute Gasteiger partial charge is 0.225 e. The molecule has 27 heavy (non-hydrogen) atoms. The Morgan fingerprint density at radius 3 is 2.41 bits per heavy atom. The minimum Gasteiger partial charge on any atom is -0.345 e. The Morgan fingerprint density at radius 2 is 1.70 bits per heavy atom. The Morgan fingerprint density at radius 1 is 0.963 bits per heavy atom. The van der Waals surface area contributed by atoms with Crippen LogP contribution in [0.15, 0.2) is 72.9 Å². The maximum absolute atomic E-state index is 13.5. The van der Waals surface area contributed by atoms with Crippen molar-refractivity contribution in [2.45, 2.75) is 33.5 Å². The molecule has 0 spiro atoms. The molecule has 0 N–H and O–H groups in total. The summed E-state index contributed by atoms with van der Waals surface area (Å²) in [6.07, 6.45) is 1.97. The van der Waals surface area contributed by atoms with Crippen LogP contribution in [-0.2, 0) is 24.4 Å². The molecule has 140 valence electrons. The monoisotopic (exact) mass is 364 g/mol. The van der Waals surface area contributed by atoms with Gasteiger partial charge >= 0.3 is 0 Å². The lowest BCUT2D eigenvalue weighted by molar-refractivity contribution is -0.135. The molecular weight excluding hydrogens is 339 g/mol. The molecule has 0 saturated carbocycles. The van der Waals surface area contributed by atoms with Gasteiger partial charge in [-0.25, -0.2) is 4.39 Å². The predicted octanol–water partition coefficient (Wildman–Crippen LogP) is 4.86. The normalized spacial score (nSPS) is 11.0. The number of hydrogen-bond donors (Lipinski definition) is 0. The summed E-state index contributed by atoms with van der Waals surface area (Å²) in [6, 6.07) is 20.6. The average molecular weight is 364 g/mol. The molecule has 0 saturated heterocycles. The highest BCUT2D eigenvalue weighted by molar-refractivity contribution is 5.78. The number of hydrogen-bond acceptors (Lipinski definition) is 1. The van der Waals surface area contributed by atoms with E-state index in [0.29, 0.717) is 19.6 Å². The molecule has 0 atom stereocenters. The molecule has 0 radical (unpaired) electrons. The topological polar surface area (TPSA) is 25.2 Å². The van der Waals surface area contributed by atoms with Gasteiger partial charge in [0.05, 0.1) is 6.54 Å². The number of benzene rings is 2. The summed E-state index contributed by atoms with van der Waals surface area (Å²) in [7, 11) is 0. The zero-order valence-corrected chi connectivity index (χ0v) is 15.8. The zero-order valence-electron chi connectivity index (χ0n) is 15.8. The number of aromatic nitrogens is 1. The summed E-state index contributed by atoms with van der Waals surface area (Å²) in [4.78, 5) is 14.6. The van der Waals surface area contributed by atoms with Crippen LogP contribution >= 0.6 is 0 Å². The SMILES string of the molecule is CC(C)C(=O)N(Cc1ccccc1)Cc1cccn1Cc1cccc(F)c1. The molecule has 3 nitrogen and oxygen atoms in total. The summed E-state index contributed by atoms with van der Waals surface area (Å²) in [5, 5.41) is 0. The summed E-state index contributed by atoms with van der Waals surface area (Å²) in [5.74, 6) is -0.181. The Balaban J connectivity index is 1.80. The van der Waals surface area contributed by atoms with Gasteiger partial charge in [0, 0.05) is 30.9 Å². The van der Waals surface area contributed by atoms with Crippen LogP contribution in [0.4, 0.5) is 4.39 Å². The number of halogens is 1. The maximum atomic E-state index is 13.5. The molecular formula is C23H25FN2O. The number of carbonyl (C=O) groups excluding carboxylic acids is 1. The van der Waals surface area contributed by atoms with Crippen molar-refractivity contribution in [2.24, 2.45) is 5.92 Å². The highest BCUT2D eigenvalue weighted by Crippen LogP contribution is 2.16. The molecule has 4 heteroatoms. The third-order valence-corrected chi connectivity index (χ3v) is 4.54. The van der Waals surface area contributed by atoms with Gasteiger partial charge in [-0.15, -0.1) is 0 Å². The van der Waals surface area contributed by atoms with Gasteiger partial charge in [0.15, 0.2) is 0 Å². The van der Waals surface area contributed by atoms with E-state index in [-0.39, 0.29) is 17.6 Å². The van der Waals surface area contributed by atoms with Crippen molar-refractivity contribution in [1.29, 1.82) is 0 Å². The summed E-state index contributed by atoms with van der Waals surface area (Å²) < 4.78 is 15.6. The molecule has 0 aliphatic rings. The second kappa shape index (κ2) is 8.67. The largest absolute Gasteiger partial charge is 0.345 e. The van der Waals surface area contributed by atoms with E-state index in [1.54, 1.807) is 12.1 Å². The quantitative estimate of drug-likeness (QED) is 0.588. The lowest BCUT2D eigenvalue weighted by Gasteiger charge is -2.25. The minimum atomic E-state index is -0.234. The van der Waals surface area contributed by atoms with Gasteiger partial charge in [-0.05, 0) is 35.4 Å². The summed E-state index contributed by atoms with van der Waals surface area (Å²) in [6.45, 7) is 5.52. The molecule has 3 rings (SSSR count). The second-order valence-corrected chi connectivity index (χ2v) is 7.09. The van der Waals surface area contributed by atoms with E-state index < -0.39 is 0 Å². The van der Waals surface area contributed by atoms with E-state index >= 15 is 0 Å². The van der Waals surface area contributed by atoms with Crippen molar-refractivity contribution in [3.63, 3.8) is 0 Å². The van der Waals surface area contributed by atoms with E-state index in [0.717, 1.165) is 16.8 Å². The first-order chi connectivity index (χ1) is 13.0. The standard InChI is InChI=1S/C23H25FN2O/c1-18(2)23(27)26(15-19-8-4-3-5-9-19)17-22-12-7-13-25(22)16-20-10-6-11-21(24)14-20/h3-14,18H,15-17H2,1-2H3. The van der Waals surface area contributed by atoms with Gasteiger partial charge < -0.3 is 9.47 Å². The first kappa shape index (κ1) is 18.9. The zero-order chi connectivity index (χ0) is 19.2. The van der Waals surface area contributed by atoms with Crippen LogP contribution in [0.1, 0.15) is 30.7 Å².